The van der Waals surface area contributed by atoms with Crippen LogP contribution in [-0.4, -0.2) is 17.1 Å². The number of carboxylic acid groups (broad SMARTS) is 1. The number of benzene rings is 1. The number of nitrogens with two attached hydrogens (primary N) is 1. The molecule has 82 valence electrons. The van der Waals surface area contributed by atoms with Crippen LogP contribution in [-0.2, 0) is 11.2 Å². The molecule has 1 aromatic rings. The van der Waals surface area contributed by atoms with Crippen LogP contribution in [0.15, 0.2) is 12.1 Å². The van der Waals surface area contributed by atoms with Crippen molar-refractivity contribution in [3.63, 3.8) is 0 Å². The molecule has 0 aliphatic carbocycles. The maximum atomic E-state index is 13.1. The van der Waals surface area contributed by atoms with E-state index in [-0.39, 0.29) is 15.6 Å². The fourth-order valence-electron chi connectivity index (χ4n) is 1.07. The molecular formula is C9H8F2INO2. The van der Waals surface area contributed by atoms with Gasteiger partial charge in [0.1, 0.15) is 17.7 Å². The van der Waals surface area contributed by atoms with Crippen LogP contribution in [0.4, 0.5) is 8.78 Å². The summed E-state index contributed by atoms with van der Waals surface area (Å²) in [7, 11) is 0. The average molecular weight is 327 g/mol. The van der Waals surface area contributed by atoms with Gasteiger partial charge in [0.05, 0.1) is 3.57 Å². The predicted octanol–water partition coefficient (Wildman–Crippen LogP) is 1.52. The molecule has 1 aromatic carbocycles. The van der Waals surface area contributed by atoms with Gasteiger partial charge in [-0.1, -0.05) is 0 Å². The highest BCUT2D eigenvalue weighted by molar-refractivity contribution is 14.1. The van der Waals surface area contributed by atoms with Crippen molar-refractivity contribution < 1.29 is 18.7 Å². The second kappa shape index (κ2) is 4.84. The molecule has 0 saturated carbocycles. The number of rotatable bonds is 3. The number of hydrogen-bond donors (Lipinski definition) is 2. The molecule has 0 aliphatic rings. The number of aliphatic carboxylic acids is 1. The van der Waals surface area contributed by atoms with Crippen molar-refractivity contribution in [3.8, 4) is 0 Å². The first-order valence-corrected chi connectivity index (χ1v) is 5.11. The molecule has 0 spiro atoms. The molecule has 0 bridgehead atoms. The lowest BCUT2D eigenvalue weighted by Crippen LogP contribution is -2.32. The molecule has 1 unspecified atom stereocenters. The zero-order valence-corrected chi connectivity index (χ0v) is 9.66. The summed E-state index contributed by atoms with van der Waals surface area (Å²) in [5, 5.41) is 8.52. The van der Waals surface area contributed by atoms with E-state index in [1.807, 2.05) is 0 Å². The Morgan fingerprint density at radius 2 is 1.93 bits per heavy atom. The Labute approximate surface area is 98.4 Å². The van der Waals surface area contributed by atoms with E-state index in [2.05, 4.69) is 0 Å². The van der Waals surface area contributed by atoms with Crippen LogP contribution >= 0.6 is 22.6 Å². The van der Waals surface area contributed by atoms with E-state index in [4.69, 9.17) is 10.8 Å². The van der Waals surface area contributed by atoms with Gasteiger partial charge < -0.3 is 10.8 Å². The largest absolute Gasteiger partial charge is 0.480 e. The van der Waals surface area contributed by atoms with Crippen molar-refractivity contribution in [2.45, 2.75) is 12.5 Å². The van der Waals surface area contributed by atoms with Crippen LogP contribution in [0.5, 0.6) is 0 Å². The lowest BCUT2D eigenvalue weighted by Gasteiger charge is -2.07. The normalized spacial score (nSPS) is 12.5. The quantitative estimate of drug-likeness (QED) is 0.654. The molecule has 6 heteroatoms. The average Bonchev–Trinajstić information content (AvgIpc) is 2.13. The monoisotopic (exact) mass is 327 g/mol. The summed E-state index contributed by atoms with van der Waals surface area (Å²) < 4.78 is 26.0. The summed E-state index contributed by atoms with van der Waals surface area (Å²) in [6.07, 6.45) is -0.0971. The third kappa shape index (κ3) is 3.10. The topological polar surface area (TPSA) is 63.3 Å². The van der Waals surface area contributed by atoms with Crippen molar-refractivity contribution in [3.05, 3.63) is 32.9 Å². The zero-order valence-electron chi connectivity index (χ0n) is 7.51. The van der Waals surface area contributed by atoms with Crippen molar-refractivity contribution in [2.75, 3.05) is 0 Å². The fraction of sp³-hybridized carbons (Fsp3) is 0.222. The van der Waals surface area contributed by atoms with E-state index in [0.717, 1.165) is 12.1 Å². The standard InChI is InChI=1S/C9H8F2INO2/c10-5-1-4(2-6(11)8(5)12)3-7(13)9(14)15/h1-2,7H,3,13H2,(H,14,15). The molecule has 1 atom stereocenters. The minimum absolute atomic E-state index is 0.0971. The van der Waals surface area contributed by atoms with Crippen molar-refractivity contribution >= 4 is 28.6 Å². The molecule has 1 rings (SSSR count). The van der Waals surface area contributed by atoms with Crippen LogP contribution in [0.25, 0.3) is 0 Å². The summed E-state index contributed by atoms with van der Waals surface area (Å²) in [4.78, 5) is 10.4. The SMILES string of the molecule is NC(Cc1cc(F)c(I)c(F)c1)C(=O)O. The molecule has 0 saturated heterocycles. The zero-order chi connectivity index (χ0) is 11.6. The maximum absolute atomic E-state index is 13.1. The van der Waals surface area contributed by atoms with E-state index in [9.17, 15) is 13.6 Å². The van der Waals surface area contributed by atoms with E-state index in [0.29, 0.717) is 0 Å². The molecule has 0 amide bonds. The van der Waals surface area contributed by atoms with Crippen LogP contribution in [0.3, 0.4) is 0 Å². The minimum atomic E-state index is -1.20. The third-order valence-corrected chi connectivity index (χ3v) is 2.85. The van der Waals surface area contributed by atoms with E-state index in [1.165, 1.54) is 22.6 Å². The maximum Gasteiger partial charge on any atom is 0.320 e. The summed E-state index contributed by atoms with van der Waals surface area (Å²) in [6.45, 7) is 0. The first-order chi connectivity index (χ1) is 6.91. The van der Waals surface area contributed by atoms with Gasteiger partial charge in [-0.2, -0.15) is 0 Å². The Bertz CT molecular complexity index is 375. The van der Waals surface area contributed by atoms with E-state index < -0.39 is 23.6 Å². The van der Waals surface area contributed by atoms with Crippen molar-refractivity contribution in [2.24, 2.45) is 5.73 Å². The Kier molecular flexibility index (Phi) is 3.97. The van der Waals surface area contributed by atoms with E-state index in [1.54, 1.807) is 0 Å². The van der Waals surface area contributed by atoms with Gasteiger partial charge in [-0.05, 0) is 46.7 Å². The molecule has 0 aromatic heterocycles. The molecule has 3 N–H and O–H groups in total. The summed E-state index contributed by atoms with van der Waals surface area (Å²) in [5.41, 5.74) is 5.48. The molecule has 0 aliphatic heterocycles. The molecule has 15 heavy (non-hydrogen) atoms. The Balaban J connectivity index is 2.92. The Hall–Kier alpha value is -0.760. The van der Waals surface area contributed by atoms with Gasteiger partial charge in [0.15, 0.2) is 0 Å². The lowest BCUT2D eigenvalue weighted by molar-refractivity contribution is -0.138. The molecule has 0 radical (unpaired) electrons. The molecule has 0 heterocycles. The summed E-state index contributed by atoms with van der Waals surface area (Å²) >= 11 is 1.54. The molecular weight excluding hydrogens is 319 g/mol. The smallest absolute Gasteiger partial charge is 0.320 e. The summed E-state index contributed by atoms with van der Waals surface area (Å²) in [6, 6.07) is 1.03. The molecule has 3 nitrogen and oxygen atoms in total. The second-order valence-electron chi connectivity index (χ2n) is 3.02. The number of carbonyl (C=O) groups is 1. The highest BCUT2D eigenvalue weighted by Gasteiger charge is 2.15. The van der Waals surface area contributed by atoms with Crippen LogP contribution < -0.4 is 5.73 Å². The van der Waals surface area contributed by atoms with Gasteiger partial charge in [-0.3, -0.25) is 4.79 Å². The van der Waals surface area contributed by atoms with Gasteiger partial charge in [0.2, 0.25) is 0 Å². The van der Waals surface area contributed by atoms with E-state index >= 15 is 0 Å². The number of hydrogen-bond acceptors (Lipinski definition) is 2. The van der Waals surface area contributed by atoms with Crippen LogP contribution in [0, 0.1) is 15.2 Å². The number of carboxylic acids is 1. The lowest BCUT2D eigenvalue weighted by atomic mass is 10.1. The Morgan fingerprint density at radius 1 is 1.47 bits per heavy atom. The van der Waals surface area contributed by atoms with Crippen LogP contribution in [0.1, 0.15) is 5.56 Å². The fourth-order valence-corrected chi connectivity index (χ4v) is 1.38. The van der Waals surface area contributed by atoms with Gasteiger partial charge in [0.25, 0.3) is 0 Å². The minimum Gasteiger partial charge on any atom is -0.480 e. The van der Waals surface area contributed by atoms with Gasteiger partial charge in [-0.15, -0.1) is 0 Å². The van der Waals surface area contributed by atoms with Gasteiger partial charge >= 0.3 is 5.97 Å². The van der Waals surface area contributed by atoms with Crippen molar-refractivity contribution in [1.82, 2.24) is 0 Å². The third-order valence-electron chi connectivity index (χ3n) is 1.82. The first kappa shape index (κ1) is 12.3. The summed E-state index contributed by atoms with van der Waals surface area (Å²) in [5.74, 6) is -2.61. The molecule has 0 fully saturated rings. The van der Waals surface area contributed by atoms with Crippen molar-refractivity contribution in [1.29, 1.82) is 0 Å². The van der Waals surface area contributed by atoms with Crippen LogP contribution in [0.2, 0.25) is 0 Å². The predicted molar refractivity (Wildman–Crippen MR) is 58.4 cm³/mol. The first-order valence-electron chi connectivity index (χ1n) is 4.03. The van der Waals surface area contributed by atoms with Gasteiger partial charge in [0, 0.05) is 0 Å². The Morgan fingerprint density at radius 3 is 2.33 bits per heavy atom. The highest BCUT2D eigenvalue weighted by Crippen LogP contribution is 2.18. The highest BCUT2D eigenvalue weighted by atomic mass is 127. The number of halogens is 3. The van der Waals surface area contributed by atoms with Gasteiger partial charge in [-0.25, -0.2) is 8.78 Å². The second-order valence-corrected chi connectivity index (χ2v) is 4.10.